The molecule has 3 nitrogen and oxygen atoms in total. The molecule has 19 heavy (non-hydrogen) atoms. The van der Waals surface area contributed by atoms with E-state index in [0.717, 1.165) is 30.5 Å². The lowest BCUT2D eigenvalue weighted by Crippen LogP contribution is -2.46. The molecule has 1 fully saturated rings. The predicted octanol–water partition coefficient (Wildman–Crippen LogP) is 2.95. The minimum absolute atomic E-state index is 0.103. The first-order valence-corrected chi connectivity index (χ1v) is 7.72. The molecule has 0 amide bonds. The second kappa shape index (κ2) is 6.84. The minimum Gasteiger partial charge on any atom is -0.373 e. The molecule has 0 aliphatic carbocycles. The summed E-state index contributed by atoms with van der Waals surface area (Å²) in [5.74, 6) is 0. The SMILES string of the molecule is CC1CN(CCC(N)c2cccc(Br)c2)CC(C)O1. The average molecular weight is 327 g/mol. The van der Waals surface area contributed by atoms with E-state index < -0.39 is 0 Å². The number of nitrogens with zero attached hydrogens (tertiary/aromatic N) is 1. The molecular weight excluding hydrogens is 304 g/mol. The number of ether oxygens (including phenoxy) is 1. The van der Waals surface area contributed by atoms with E-state index in [1.165, 1.54) is 5.56 Å². The second-order valence-electron chi connectivity index (χ2n) is 5.47. The Morgan fingerprint density at radius 2 is 2.05 bits per heavy atom. The lowest BCUT2D eigenvalue weighted by atomic mass is 10.0. The van der Waals surface area contributed by atoms with Gasteiger partial charge in [0.25, 0.3) is 0 Å². The van der Waals surface area contributed by atoms with Gasteiger partial charge >= 0.3 is 0 Å². The molecule has 3 atom stereocenters. The van der Waals surface area contributed by atoms with Crippen molar-refractivity contribution in [2.75, 3.05) is 19.6 Å². The standard InChI is InChI=1S/C15H23BrN2O/c1-11-9-18(10-12(2)19-11)7-6-15(17)13-4-3-5-14(16)8-13/h3-5,8,11-12,15H,6-7,9-10,17H2,1-2H3. The van der Waals surface area contributed by atoms with Crippen LogP contribution in [0.25, 0.3) is 0 Å². The molecule has 1 aromatic rings. The van der Waals surface area contributed by atoms with E-state index in [1.807, 2.05) is 12.1 Å². The zero-order valence-electron chi connectivity index (χ0n) is 11.7. The van der Waals surface area contributed by atoms with Crippen LogP contribution in [0.2, 0.25) is 0 Å². The molecule has 4 heteroatoms. The highest BCUT2D eigenvalue weighted by atomic mass is 79.9. The van der Waals surface area contributed by atoms with Crippen LogP contribution in [0, 0.1) is 0 Å². The van der Waals surface area contributed by atoms with Crippen LogP contribution in [0.4, 0.5) is 0 Å². The molecule has 106 valence electrons. The number of rotatable bonds is 4. The maximum absolute atomic E-state index is 6.27. The summed E-state index contributed by atoms with van der Waals surface area (Å²) in [5, 5.41) is 0. The smallest absolute Gasteiger partial charge is 0.0678 e. The molecule has 1 aliphatic rings. The first-order valence-electron chi connectivity index (χ1n) is 6.93. The lowest BCUT2D eigenvalue weighted by molar-refractivity contribution is -0.0684. The molecular formula is C15H23BrN2O. The van der Waals surface area contributed by atoms with E-state index in [1.54, 1.807) is 0 Å². The van der Waals surface area contributed by atoms with Gasteiger partial charge in [0.15, 0.2) is 0 Å². The molecule has 2 rings (SSSR count). The molecule has 0 aromatic heterocycles. The van der Waals surface area contributed by atoms with Crippen molar-refractivity contribution >= 4 is 15.9 Å². The van der Waals surface area contributed by atoms with Gasteiger partial charge in [-0.3, -0.25) is 4.90 Å². The fourth-order valence-corrected chi connectivity index (χ4v) is 3.11. The number of hydrogen-bond donors (Lipinski definition) is 1. The Labute approximate surface area is 124 Å². The van der Waals surface area contributed by atoms with Crippen LogP contribution in [0.3, 0.4) is 0 Å². The molecule has 1 aromatic carbocycles. The fourth-order valence-electron chi connectivity index (χ4n) is 2.69. The van der Waals surface area contributed by atoms with Gasteiger partial charge in [0.2, 0.25) is 0 Å². The number of hydrogen-bond acceptors (Lipinski definition) is 3. The van der Waals surface area contributed by atoms with Crippen molar-refractivity contribution in [1.82, 2.24) is 4.90 Å². The summed E-state index contributed by atoms with van der Waals surface area (Å²) in [5.41, 5.74) is 7.47. The van der Waals surface area contributed by atoms with Crippen LogP contribution in [-0.2, 0) is 4.74 Å². The van der Waals surface area contributed by atoms with Gasteiger partial charge in [-0.1, -0.05) is 28.1 Å². The molecule has 0 spiro atoms. The van der Waals surface area contributed by atoms with Crippen molar-refractivity contribution in [1.29, 1.82) is 0 Å². The Bertz CT molecular complexity index is 403. The average Bonchev–Trinajstić information content (AvgIpc) is 2.35. The molecule has 0 saturated carbocycles. The molecule has 1 heterocycles. The molecule has 1 aliphatic heterocycles. The van der Waals surface area contributed by atoms with Gasteiger partial charge in [0.1, 0.15) is 0 Å². The van der Waals surface area contributed by atoms with Gasteiger partial charge in [0.05, 0.1) is 12.2 Å². The fraction of sp³-hybridized carbons (Fsp3) is 0.600. The van der Waals surface area contributed by atoms with Crippen LogP contribution < -0.4 is 5.73 Å². The Morgan fingerprint density at radius 1 is 1.37 bits per heavy atom. The first kappa shape index (κ1) is 15.0. The van der Waals surface area contributed by atoms with Crippen molar-refractivity contribution in [3.63, 3.8) is 0 Å². The zero-order chi connectivity index (χ0) is 13.8. The van der Waals surface area contributed by atoms with E-state index in [0.29, 0.717) is 12.2 Å². The summed E-state index contributed by atoms with van der Waals surface area (Å²) in [6.45, 7) is 7.32. The Morgan fingerprint density at radius 3 is 2.68 bits per heavy atom. The third kappa shape index (κ3) is 4.56. The Balaban J connectivity index is 1.84. The summed E-state index contributed by atoms with van der Waals surface area (Å²) in [6, 6.07) is 8.38. The summed E-state index contributed by atoms with van der Waals surface area (Å²) in [7, 11) is 0. The van der Waals surface area contributed by atoms with Crippen LogP contribution in [0.1, 0.15) is 31.9 Å². The van der Waals surface area contributed by atoms with Crippen molar-refractivity contribution < 1.29 is 4.74 Å². The molecule has 0 bridgehead atoms. The van der Waals surface area contributed by atoms with Crippen LogP contribution in [0.5, 0.6) is 0 Å². The number of halogens is 1. The zero-order valence-corrected chi connectivity index (χ0v) is 13.3. The normalized spacial score (nSPS) is 26.3. The third-order valence-electron chi connectivity index (χ3n) is 3.53. The Kier molecular flexibility index (Phi) is 5.39. The number of nitrogens with two attached hydrogens (primary N) is 1. The van der Waals surface area contributed by atoms with Crippen LogP contribution in [-0.4, -0.2) is 36.7 Å². The van der Waals surface area contributed by atoms with Crippen molar-refractivity contribution in [2.24, 2.45) is 5.73 Å². The van der Waals surface area contributed by atoms with E-state index >= 15 is 0 Å². The molecule has 0 radical (unpaired) electrons. The van der Waals surface area contributed by atoms with Crippen molar-refractivity contribution in [3.8, 4) is 0 Å². The van der Waals surface area contributed by atoms with Gasteiger partial charge in [-0.15, -0.1) is 0 Å². The molecule has 3 unspecified atom stereocenters. The van der Waals surface area contributed by atoms with Crippen LogP contribution in [0.15, 0.2) is 28.7 Å². The van der Waals surface area contributed by atoms with Gasteiger partial charge in [-0.25, -0.2) is 0 Å². The maximum Gasteiger partial charge on any atom is 0.0678 e. The van der Waals surface area contributed by atoms with E-state index in [4.69, 9.17) is 10.5 Å². The van der Waals surface area contributed by atoms with E-state index in [-0.39, 0.29) is 6.04 Å². The van der Waals surface area contributed by atoms with Crippen molar-refractivity contribution in [2.45, 2.75) is 38.5 Å². The van der Waals surface area contributed by atoms with Gasteiger partial charge in [0, 0.05) is 30.1 Å². The van der Waals surface area contributed by atoms with E-state index in [9.17, 15) is 0 Å². The molecule has 2 N–H and O–H groups in total. The quantitative estimate of drug-likeness (QED) is 0.924. The lowest BCUT2D eigenvalue weighted by Gasteiger charge is -2.35. The van der Waals surface area contributed by atoms with Crippen molar-refractivity contribution in [3.05, 3.63) is 34.3 Å². The summed E-state index contributed by atoms with van der Waals surface area (Å²) >= 11 is 3.49. The Hall–Kier alpha value is -0.420. The van der Waals surface area contributed by atoms with Crippen LogP contribution >= 0.6 is 15.9 Å². The van der Waals surface area contributed by atoms with E-state index in [2.05, 4.69) is 46.8 Å². The monoisotopic (exact) mass is 326 g/mol. The minimum atomic E-state index is 0.103. The maximum atomic E-state index is 6.27. The second-order valence-corrected chi connectivity index (χ2v) is 6.38. The third-order valence-corrected chi connectivity index (χ3v) is 4.02. The largest absolute Gasteiger partial charge is 0.373 e. The van der Waals surface area contributed by atoms with Gasteiger partial charge < -0.3 is 10.5 Å². The highest BCUT2D eigenvalue weighted by molar-refractivity contribution is 9.10. The summed E-state index contributed by atoms with van der Waals surface area (Å²) in [6.07, 6.45) is 1.63. The van der Waals surface area contributed by atoms with Gasteiger partial charge in [-0.2, -0.15) is 0 Å². The molecule has 1 saturated heterocycles. The first-order chi connectivity index (χ1) is 9.04. The summed E-state index contributed by atoms with van der Waals surface area (Å²) < 4.78 is 6.84. The number of morpholine rings is 1. The summed E-state index contributed by atoms with van der Waals surface area (Å²) in [4.78, 5) is 2.46. The number of benzene rings is 1. The highest BCUT2D eigenvalue weighted by Crippen LogP contribution is 2.20. The van der Waals surface area contributed by atoms with Gasteiger partial charge in [-0.05, 0) is 38.0 Å². The predicted molar refractivity (Wildman–Crippen MR) is 82.1 cm³/mol. The topological polar surface area (TPSA) is 38.5 Å². The highest BCUT2D eigenvalue weighted by Gasteiger charge is 2.22.